The van der Waals surface area contributed by atoms with Crippen molar-refractivity contribution >= 4 is 27.3 Å². The molecule has 0 saturated heterocycles. The first-order chi connectivity index (χ1) is 13.0. The summed E-state index contributed by atoms with van der Waals surface area (Å²) in [6, 6.07) is 14.8. The van der Waals surface area contributed by atoms with Crippen molar-refractivity contribution in [2.75, 3.05) is 20.6 Å². The molecule has 0 bridgehead atoms. The van der Waals surface area contributed by atoms with Gasteiger partial charge in [-0.1, -0.05) is 30.3 Å². The maximum Gasteiger partial charge on any atom is 0.230 e. The van der Waals surface area contributed by atoms with E-state index in [0.29, 0.717) is 6.54 Å². The standard InChI is InChI=1S/C22H23FN2OS/c1-25(2)19(18-14-27-20-6-4-3-5-17(18)20)13-24-21(26)22(11-12-22)15-7-9-16(23)10-8-15/h3-10,14,19H,11-13H2,1-2H3,(H,24,26)/t19-/m1/s1. The third-order valence-corrected chi connectivity index (χ3v) is 6.51. The van der Waals surface area contributed by atoms with Gasteiger partial charge < -0.3 is 10.2 Å². The topological polar surface area (TPSA) is 32.3 Å². The summed E-state index contributed by atoms with van der Waals surface area (Å²) in [7, 11) is 4.08. The highest BCUT2D eigenvalue weighted by Crippen LogP contribution is 2.48. The van der Waals surface area contributed by atoms with Gasteiger partial charge in [0, 0.05) is 11.2 Å². The van der Waals surface area contributed by atoms with E-state index in [1.54, 1.807) is 23.5 Å². The van der Waals surface area contributed by atoms with Crippen LogP contribution in [0.4, 0.5) is 4.39 Å². The molecule has 5 heteroatoms. The molecule has 140 valence electrons. The normalized spacial score (nSPS) is 16.4. The molecule has 2 aromatic carbocycles. The van der Waals surface area contributed by atoms with Crippen LogP contribution in [0, 0.1) is 5.82 Å². The van der Waals surface area contributed by atoms with Gasteiger partial charge in [-0.25, -0.2) is 4.39 Å². The Hall–Kier alpha value is -2.24. The molecule has 1 aliphatic carbocycles. The molecule has 3 aromatic rings. The highest BCUT2D eigenvalue weighted by molar-refractivity contribution is 7.17. The number of fused-ring (bicyclic) bond motifs is 1. The molecule has 3 nitrogen and oxygen atoms in total. The van der Waals surface area contributed by atoms with Gasteiger partial charge in [0.05, 0.1) is 11.5 Å². The van der Waals surface area contributed by atoms with Gasteiger partial charge >= 0.3 is 0 Å². The Kier molecular flexibility index (Phi) is 4.74. The fraction of sp³-hybridized carbons (Fsp3) is 0.318. The molecular weight excluding hydrogens is 359 g/mol. The Morgan fingerprint density at radius 3 is 2.56 bits per heavy atom. The van der Waals surface area contributed by atoms with E-state index in [9.17, 15) is 9.18 Å². The van der Waals surface area contributed by atoms with Crippen molar-refractivity contribution in [3.05, 3.63) is 70.9 Å². The Labute approximate surface area is 162 Å². The average molecular weight is 383 g/mol. The van der Waals surface area contributed by atoms with Crippen LogP contribution >= 0.6 is 11.3 Å². The van der Waals surface area contributed by atoms with Gasteiger partial charge in [-0.3, -0.25) is 4.79 Å². The Morgan fingerprint density at radius 1 is 1.19 bits per heavy atom. The first-order valence-electron chi connectivity index (χ1n) is 9.18. The maximum atomic E-state index is 13.2. The number of rotatable bonds is 6. The van der Waals surface area contributed by atoms with E-state index in [2.05, 4.69) is 39.9 Å². The Balaban J connectivity index is 1.52. The van der Waals surface area contributed by atoms with Gasteiger partial charge in [0.2, 0.25) is 5.91 Å². The number of likely N-dealkylation sites (N-methyl/N-ethyl adjacent to an activating group) is 1. The van der Waals surface area contributed by atoms with Gasteiger partial charge in [-0.2, -0.15) is 0 Å². The Morgan fingerprint density at radius 2 is 1.89 bits per heavy atom. The minimum absolute atomic E-state index is 0.0421. The molecule has 27 heavy (non-hydrogen) atoms. The summed E-state index contributed by atoms with van der Waals surface area (Å²) in [5.74, 6) is -0.229. The highest BCUT2D eigenvalue weighted by Gasteiger charge is 2.51. The third-order valence-electron chi connectivity index (χ3n) is 5.53. The summed E-state index contributed by atoms with van der Waals surface area (Å²) in [5.41, 5.74) is 1.66. The lowest BCUT2D eigenvalue weighted by molar-refractivity contribution is -0.123. The van der Waals surface area contributed by atoms with Crippen LogP contribution in [-0.2, 0) is 10.2 Å². The van der Waals surface area contributed by atoms with E-state index in [0.717, 1.165) is 18.4 Å². The summed E-state index contributed by atoms with van der Waals surface area (Å²) in [6.45, 7) is 0.551. The van der Waals surface area contributed by atoms with Crippen LogP contribution in [0.3, 0.4) is 0 Å². The van der Waals surface area contributed by atoms with E-state index in [4.69, 9.17) is 0 Å². The van der Waals surface area contributed by atoms with Crippen LogP contribution < -0.4 is 5.32 Å². The molecule has 4 rings (SSSR count). The molecule has 1 aromatic heterocycles. The zero-order valence-corrected chi connectivity index (χ0v) is 16.4. The van der Waals surface area contributed by atoms with E-state index < -0.39 is 5.41 Å². The number of nitrogens with one attached hydrogen (secondary N) is 1. The molecule has 0 unspecified atom stereocenters. The molecule has 1 saturated carbocycles. The number of hydrogen-bond donors (Lipinski definition) is 1. The van der Waals surface area contributed by atoms with Crippen molar-refractivity contribution < 1.29 is 9.18 Å². The highest BCUT2D eigenvalue weighted by atomic mass is 32.1. The largest absolute Gasteiger partial charge is 0.353 e. The average Bonchev–Trinajstić information content (AvgIpc) is 3.37. The van der Waals surface area contributed by atoms with Crippen molar-refractivity contribution in [2.24, 2.45) is 0 Å². The van der Waals surface area contributed by atoms with Gasteiger partial charge in [-0.05, 0) is 67.0 Å². The summed E-state index contributed by atoms with van der Waals surface area (Å²) in [6.07, 6.45) is 1.64. The first-order valence-corrected chi connectivity index (χ1v) is 10.1. The molecule has 0 aliphatic heterocycles. The van der Waals surface area contributed by atoms with Gasteiger partial charge in [0.25, 0.3) is 0 Å². The Bertz CT molecular complexity index is 960. The lowest BCUT2D eigenvalue weighted by Crippen LogP contribution is -2.40. The number of thiophene rings is 1. The predicted molar refractivity (Wildman–Crippen MR) is 109 cm³/mol. The van der Waals surface area contributed by atoms with Crippen LogP contribution in [0.2, 0.25) is 0 Å². The number of hydrogen-bond acceptors (Lipinski definition) is 3. The molecule has 1 amide bonds. The fourth-order valence-electron chi connectivity index (χ4n) is 3.73. The zero-order chi connectivity index (χ0) is 19.0. The van der Waals surface area contributed by atoms with Crippen LogP contribution in [-0.4, -0.2) is 31.4 Å². The lowest BCUT2D eigenvalue weighted by atomic mass is 9.94. The molecule has 1 atom stereocenters. The first kappa shape index (κ1) is 18.1. The van der Waals surface area contributed by atoms with E-state index in [-0.39, 0.29) is 17.8 Å². The molecule has 0 radical (unpaired) electrons. The van der Waals surface area contributed by atoms with Gasteiger partial charge in [0.1, 0.15) is 5.82 Å². The fourth-order valence-corrected chi connectivity index (χ4v) is 4.73. The molecule has 0 spiro atoms. The summed E-state index contributed by atoms with van der Waals surface area (Å²) in [4.78, 5) is 15.1. The van der Waals surface area contributed by atoms with Crippen molar-refractivity contribution in [3.8, 4) is 0 Å². The number of carbonyl (C=O) groups is 1. The number of halogens is 1. The van der Waals surface area contributed by atoms with Crippen molar-refractivity contribution in [3.63, 3.8) is 0 Å². The molecule has 1 fully saturated rings. The van der Waals surface area contributed by atoms with Crippen molar-refractivity contribution in [2.45, 2.75) is 24.3 Å². The quantitative estimate of drug-likeness (QED) is 0.681. The molecular formula is C22H23FN2OS. The maximum absolute atomic E-state index is 13.2. The van der Waals surface area contributed by atoms with Crippen molar-refractivity contribution in [1.29, 1.82) is 0 Å². The third kappa shape index (κ3) is 3.37. The minimum Gasteiger partial charge on any atom is -0.353 e. The molecule has 1 aliphatic rings. The summed E-state index contributed by atoms with van der Waals surface area (Å²) >= 11 is 1.74. The number of amides is 1. The van der Waals surface area contributed by atoms with Crippen LogP contribution in [0.25, 0.3) is 10.1 Å². The van der Waals surface area contributed by atoms with Crippen LogP contribution in [0.15, 0.2) is 53.9 Å². The van der Waals surface area contributed by atoms with Gasteiger partial charge in [-0.15, -0.1) is 11.3 Å². The zero-order valence-electron chi connectivity index (χ0n) is 15.5. The number of carbonyl (C=O) groups excluding carboxylic acids is 1. The summed E-state index contributed by atoms with van der Waals surface area (Å²) in [5, 5.41) is 6.60. The molecule has 1 heterocycles. The molecule has 1 N–H and O–H groups in total. The second-order valence-corrected chi connectivity index (χ2v) is 8.38. The number of nitrogens with zero attached hydrogens (tertiary/aromatic N) is 1. The lowest BCUT2D eigenvalue weighted by Gasteiger charge is -2.26. The van der Waals surface area contributed by atoms with Gasteiger partial charge in [0.15, 0.2) is 0 Å². The van der Waals surface area contributed by atoms with E-state index in [1.807, 2.05) is 14.1 Å². The number of benzene rings is 2. The monoisotopic (exact) mass is 382 g/mol. The SMILES string of the molecule is CN(C)[C@H](CNC(=O)C1(c2ccc(F)cc2)CC1)c1csc2ccccc12. The second kappa shape index (κ2) is 7.06. The predicted octanol–water partition coefficient (Wildman–Crippen LogP) is 4.49. The van der Waals surface area contributed by atoms with Crippen molar-refractivity contribution in [1.82, 2.24) is 10.2 Å². The van der Waals surface area contributed by atoms with Crippen LogP contribution in [0.5, 0.6) is 0 Å². The minimum atomic E-state index is -0.485. The van der Waals surface area contributed by atoms with E-state index in [1.165, 1.54) is 27.8 Å². The second-order valence-electron chi connectivity index (χ2n) is 7.47. The van der Waals surface area contributed by atoms with E-state index >= 15 is 0 Å². The summed E-state index contributed by atoms with van der Waals surface area (Å²) < 4.78 is 14.5. The van der Waals surface area contributed by atoms with Crippen LogP contribution in [0.1, 0.15) is 30.0 Å². The smallest absolute Gasteiger partial charge is 0.230 e.